The van der Waals surface area contributed by atoms with E-state index in [1.54, 1.807) is 0 Å². The molecule has 0 aliphatic rings. The van der Waals surface area contributed by atoms with Crippen LogP contribution in [0.1, 0.15) is 15.9 Å². The number of rotatable bonds is 2. The zero-order valence-electron chi connectivity index (χ0n) is 8.68. The molecule has 15 heavy (non-hydrogen) atoms. The summed E-state index contributed by atoms with van der Waals surface area (Å²) in [6.45, 7) is 0. The first kappa shape index (κ1) is 12.8. The van der Waals surface area contributed by atoms with Crippen molar-refractivity contribution < 1.29 is 56.2 Å². The molecule has 0 bridgehead atoms. The van der Waals surface area contributed by atoms with Crippen molar-refractivity contribution in [2.45, 2.75) is 0 Å². The molecule has 0 saturated heterocycles. The Morgan fingerprint density at radius 3 is 1.33 bits per heavy atom. The Kier molecular flexibility index (Phi) is 5.43. The Morgan fingerprint density at radius 1 is 0.667 bits per heavy atom. The summed E-state index contributed by atoms with van der Waals surface area (Å²) in [7, 11) is 0. The molecule has 0 saturated carbocycles. The molecule has 2 heteroatoms. The number of carbonyl (C=O) groups is 1. The molecule has 0 heterocycles. The van der Waals surface area contributed by atoms with Crippen LogP contribution in [0.3, 0.4) is 0 Å². The van der Waals surface area contributed by atoms with Crippen molar-refractivity contribution in [1.82, 2.24) is 0 Å². The predicted molar refractivity (Wildman–Crippen MR) is 56.3 cm³/mol. The van der Waals surface area contributed by atoms with Gasteiger partial charge in [-0.2, -0.15) is 0 Å². The normalized spacial score (nSPS) is 9.07. The van der Waals surface area contributed by atoms with Gasteiger partial charge in [-0.25, -0.2) is 0 Å². The van der Waals surface area contributed by atoms with Crippen molar-refractivity contribution >= 4 is 5.78 Å². The molecule has 2 aromatic rings. The van der Waals surface area contributed by atoms with Gasteiger partial charge in [0.25, 0.3) is 0 Å². The largest absolute Gasteiger partial charge is 1.00 e. The van der Waals surface area contributed by atoms with Gasteiger partial charge in [-0.3, -0.25) is 4.79 Å². The fourth-order valence-corrected chi connectivity index (χ4v) is 1.35. The van der Waals surface area contributed by atoms with E-state index in [-0.39, 0.29) is 57.2 Å². The van der Waals surface area contributed by atoms with Crippen LogP contribution < -0.4 is 51.4 Å². The third kappa shape index (κ3) is 3.36. The molecular weight excluding hydrogens is 211 g/mol. The van der Waals surface area contributed by atoms with Crippen molar-refractivity contribution in [1.29, 1.82) is 0 Å². The Bertz CT molecular complexity index is 381. The summed E-state index contributed by atoms with van der Waals surface area (Å²) in [6, 6.07) is 18.6. The second-order valence-electron chi connectivity index (χ2n) is 3.06. The summed E-state index contributed by atoms with van der Waals surface area (Å²) in [5.74, 6) is 0.0752. The maximum atomic E-state index is 11.8. The number of hydrogen-bond donors (Lipinski definition) is 0. The average molecular weight is 221 g/mol. The van der Waals surface area contributed by atoms with Crippen LogP contribution in [0.5, 0.6) is 0 Å². The van der Waals surface area contributed by atoms with Crippen LogP contribution in [-0.4, -0.2) is 5.78 Å². The number of ketones is 1. The zero-order chi connectivity index (χ0) is 9.80. The first-order chi connectivity index (χ1) is 6.88. The Hall–Kier alpha value is -0.254. The number of carbonyl (C=O) groups excluding carboxylic acids is 1. The molecule has 2 rings (SSSR count). The van der Waals surface area contributed by atoms with Gasteiger partial charge in [-0.1, -0.05) is 60.7 Å². The van der Waals surface area contributed by atoms with Gasteiger partial charge in [0.2, 0.25) is 0 Å². The molecule has 0 spiro atoms. The summed E-state index contributed by atoms with van der Waals surface area (Å²) in [5.41, 5.74) is 1.47. The van der Waals surface area contributed by atoms with Gasteiger partial charge < -0.3 is 0 Å². The van der Waals surface area contributed by atoms with E-state index in [0.29, 0.717) is 0 Å². The standard InChI is InChI=1S/C13H10O.K/c14-13(11-7-3-1-4-8-11)12-9-5-2-6-10-12;/h1-10H;/q;+1. The van der Waals surface area contributed by atoms with Crippen molar-refractivity contribution in [3.8, 4) is 0 Å². The van der Waals surface area contributed by atoms with E-state index >= 15 is 0 Å². The summed E-state index contributed by atoms with van der Waals surface area (Å²) in [4.78, 5) is 11.8. The minimum Gasteiger partial charge on any atom is -0.289 e. The molecule has 2 aromatic carbocycles. The predicted octanol–water partition coefficient (Wildman–Crippen LogP) is -0.0784. The van der Waals surface area contributed by atoms with Crippen LogP contribution in [0.15, 0.2) is 60.7 Å². The van der Waals surface area contributed by atoms with Gasteiger partial charge >= 0.3 is 51.4 Å². The maximum Gasteiger partial charge on any atom is 1.00 e. The number of hydrogen-bond acceptors (Lipinski definition) is 1. The molecule has 68 valence electrons. The third-order valence-corrected chi connectivity index (χ3v) is 2.07. The number of benzene rings is 2. The Morgan fingerprint density at radius 2 is 1.00 bits per heavy atom. The molecule has 0 aromatic heterocycles. The van der Waals surface area contributed by atoms with Gasteiger partial charge in [-0.15, -0.1) is 0 Å². The molecule has 0 unspecified atom stereocenters. The van der Waals surface area contributed by atoms with Gasteiger partial charge in [-0.05, 0) is 0 Å². The smallest absolute Gasteiger partial charge is 0.289 e. The topological polar surface area (TPSA) is 17.1 Å². The minimum absolute atomic E-state index is 0. The molecule has 0 atom stereocenters. The van der Waals surface area contributed by atoms with Crippen LogP contribution in [0, 0.1) is 0 Å². The first-order valence-electron chi connectivity index (χ1n) is 4.53. The van der Waals surface area contributed by atoms with Crippen molar-refractivity contribution in [2.24, 2.45) is 0 Å². The van der Waals surface area contributed by atoms with Crippen LogP contribution >= 0.6 is 0 Å². The van der Waals surface area contributed by atoms with Crippen molar-refractivity contribution in [2.75, 3.05) is 0 Å². The fraction of sp³-hybridized carbons (Fsp3) is 0. The van der Waals surface area contributed by atoms with Crippen LogP contribution in [-0.2, 0) is 0 Å². The quantitative estimate of drug-likeness (QED) is 0.512. The molecule has 1 nitrogen and oxygen atoms in total. The van der Waals surface area contributed by atoms with Crippen molar-refractivity contribution in [3.63, 3.8) is 0 Å². The molecule has 0 aliphatic carbocycles. The average Bonchev–Trinajstić information content (AvgIpc) is 2.30. The Labute approximate surface area is 132 Å². The molecule has 0 N–H and O–H groups in total. The summed E-state index contributed by atoms with van der Waals surface area (Å²) in [5, 5.41) is 0. The van der Waals surface area contributed by atoms with E-state index in [1.807, 2.05) is 60.7 Å². The van der Waals surface area contributed by atoms with Crippen molar-refractivity contribution in [3.05, 3.63) is 71.8 Å². The van der Waals surface area contributed by atoms with E-state index < -0.39 is 0 Å². The Balaban J connectivity index is 0.00000112. The molecule has 0 fully saturated rings. The van der Waals surface area contributed by atoms with Gasteiger partial charge in [0.1, 0.15) is 0 Å². The summed E-state index contributed by atoms with van der Waals surface area (Å²) < 4.78 is 0. The zero-order valence-corrected chi connectivity index (χ0v) is 11.8. The van der Waals surface area contributed by atoms with E-state index in [2.05, 4.69) is 0 Å². The molecule has 0 aliphatic heterocycles. The van der Waals surface area contributed by atoms with E-state index in [0.717, 1.165) is 11.1 Å². The van der Waals surface area contributed by atoms with E-state index in [9.17, 15) is 4.79 Å². The van der Waals surface area contributed by atoms with Crippen LogP contribution in [0.2, 0.25) is 0 Å². The van der Waals surface area contributed by atoms with Crippen LogP contribution in [0.4, 0.5) is 0 Å². The SMILES string of the molecule is O=C(c1ccccc1)c1ccccc1.[K+]. The fourth-order valence-electron chi connectivity index (χ4n) is 1.35. The van der Waals surface area contributed by atoms with Gasteiger partial charge in [0, 0.05) is 11.1 Å². The molecule has 0 amide bonds. The second-order valence-corrected chi connectivity index (χ2v) is 3.06. The second kappa shape index (κ2) is 6.36. The maximum absolute atomic E-state index is 11.8. The first-order valence-corrected chi connectivity index (χ1v) is 4.53. The minimum atomic E-state index is 0. The van der Waals surface area contributed by atoms with E-state index in [1.165, 1.54) is 0 Å². The monoisotopic (exact) mass is 221 g/mol. The molecule has 0 radical (unpaired) electrons. The van der Waals surface area contributed by atoms with E-state index in [4.69, 9.17) is 0 Å². The third-order valence-electron chi connectivity index (χ3n) is 2.07. The summed E-state index contributed by atoms with van der Waals surface area (Å²) >= 11 is 0. The summed E-state index contributed by atoms with van der Waals surface area (Å²) in [6.07, 6.45) is 0. The van der Waals surface area contributed by atoms with Crippen LogP contribution in [0.25, 0.3) is 0 Å². The van der Waals surface area contributed by atoms with Gasteiger partial charge in [0.15, 0.2) is 5.78 Å². The van der Waals surface area contributed by atoms with Gasteiger partial charge in [0.05, 0.1) is 0 Å². The molecular formula is C13H10KO+.